The van der Waals surface area contributed by atoms with E-state index < -0.39 is 0 Å². The van der Waals surface area contributed by atoms with Crippen LogP contribution in [0.1, 0.15) is 5.56 Å². The zero-order chi connectivity index (χ0) is 13.0. The minimum atomic E-state index is -0.00249. The number of halogens is 1. The number of hydrogen-bond acceptors (Lipinski definition) is 4. The second kappa shape index (κ2) is 6.41. The predicted octanol–water partition coefficient (Wildman–Crippen LogP) is 4.34. The van der Waals surface area contributed by atoms with Gasteiger partial charge in [-0.25, -0.2) is 4.99 Å². The average molecular weight is 340 g/mol. The molecule has 0 amide bonds. The standard InChI is InChI=1S/C13H10BrNOS2/c1-2-7-17-13-15-11(12(16)18-13)8-9-5-3-4-6-10(9)14/h2-6,8H,1,7H2/b11-8+. The molecule has 0 spiro atoms. The average Bonchev–Trinajstić information content (AvgIpc) is 2.70. The molecule has 1 aromatic carbocycles. The highest BCUT2D eigenvalue weighted by Gasteiger charge is 2.22. The maximum Gasteiger partial charge on any atom is 0.244 e. The van der Waals surface area contributed by atoms with Gasteiger partial charge in [-0.15, -0.1) is 6.58 Å². The maximum absolute atomic E-state index is 11.8. The first kappa shape index (κ1) is 13.6. The Balaban J connectivity index is 2.23. The fraction of sp³-hybridized carbons (Fsp3) is 0.0769. The Hall–Kier alpha value is -0.780. The van der Waals surface area contributed by atoms with Crippen LogP contribution in [0, 0.1) is 0 Å². The van der Waals surface area contributed by atoms with Crippen molar-refractivity contribution in [2.24, 2.45) is 4.99 Å². The van der Waals surface area contributed by atoms with Crippen molar-refractivity contribution in [1.82, 2.24) is 0 Å². The molecule has 1 aliphatic rings. The Morgan fingerprint density at radius 3 is 2.94 bits per heavy atom. The second-order valence-electron chi connectivity index (χ2n) is 3.42. The maximum atomic E-state index is 11.8. The summed E-state index contributed by atoms with van der Waals surface area (Å²) in [4.78, 5) is 16.1. The van der Waals surface area contributed by atoms with Crippen LogP contribution in [0.4, 0.5) is 0 Å². The summed E-state index contributed by atoms with van der Waals surface area (Å²) in [5.74, 6) is 0.765. The van der Waals surface area contributed by atoms with E-state index in [-0.39, 0.29) is 5.12 Å². The summed E-state index contributed by atoms with van der Waals surface area (Å²) in [5.41, 5.74) is 1.46. The topological polar surface area (TPSA) is 29.4 Å². The molecule has 0 N–H and O–H groups in total. The normalized spacial score (nSPS) is 17.1. The van der Waals surface area contributed by atoms with Crippen molar-refractivity contribution >= 4 is 55.0 Å². The van der Waals surface area contributed by atoms with E-state index in [1.54, 1.807) is 12.2 Å². The number of benzene rings is 1. The Bertz CT molecular complexity index is 552. The van der Waals surface area contributed by atoms with E-state index in [4.69, 9.17) is 0 Å². The molecule has 2 rings (SSSR count). The molecule has 92 valence electrons. The third-order valence-electron chi connectivity index (χ3n) is 2.12. The molecule has 5 heteroatoms. The van der Waals surface area contributed by atoms with Crippen LogP contribution in [0.25, 0.3) is 6.08 Å². The molecule has 0 aromatic heterocycles. The lowest BCUT2D eigenvalue weighted by molar-refractivity contribution is -0.107. The van der Waals surface area contributed by atoms with Gasteiger partial charge < -0.3 is 0 Å². The quantitative estimate of drug-likeness (QED) is 0.606. The lowest BCUT2D eigenvalue weighted by atomic mass is 10.2. The molecule has 18 heavy (non-hydrogen) atoms. The molecule has 1 aliphatic heterocycles. The molecule has 0 radical (unpaired) electrons. The molecular formula is C13H10BrNOS2. The van der Waals surface area contributed by atoms with Crippen molar-refractivity contribution in [3.05, 3.63) is 52.7 Å². The smallest absolute Gasteiger partial charge is 0.244 e. The van der Waals surface area contributed by atoms with Crippen molar-refractivity contribution in [3.63, 3.8) is 0 Å². The number of hydrogen-bond donors (Lipinski definition) is 0. The van der Waals surface area contributed by atoms with E-state index >= 15 is 0 Å². The van der Waals surface area contributed by atoms with Crippen LogP contribution < -0.4 is 0 Å². The van der Waals surface area contributed by atoms with E-state index in [1.807, 2.05) is 24.3 Å². The van der Waals surface area contributed by atoms with E-state index in [2.05, 4.69) is 27.5 Å². The van der Waals surface area contributed by atoms with Gasteiger partial charge in [0, 0.05) is 10.2 Å². The van der Waals surface area contributed by atoms with Crippen molar-refractivity contribution in [2.75, 3.05) is 5.75 Å². The second-order valence-corrected chi connectivity index (χ2v) is 6.50. The number of thioether (sulfide) groups is 2. The first-order valence-electron chi connectivity index (χ1n) is 5.21. The fourth-order valence-corrected chi connectivity index (χ4v) is 3.32. The first-order valence-corrected chi connectivity index (χ1v) is 7.81. The molecule has 0 unspecified atom stereocenters. The van der Waals surface area contributed by atoms with Gasteiger partial charge in [0.1, 0.15) is 10.1 Å². The molecule has 1 heterocycles. The van der Waals surface area contributed by atoms with Gasteiger partial charge in [0.2, 0.25) is 5.12 Å². The summed E-state index contributed by atoms with van der Waals surface area (Å²) >= 11 is 6.16. The predicted molar refractivity (Wildman–Crippen MR) is 84.8 cm³/mol. The van der Waals surface area contributed by atoms with Crippen molar-refractivity contribution < 1.29 is 4.79 Å². The largest absolute Gasteiger partial charge is 0.279 e. The summed E-state index contributed by atoms with van der Waals surface area (Å²) in [5, 5.41) is -0.00249. The van der Waals surface area contributed by atoms with Crippen molar-refractivity contribution in [1.29, 1.82) is 0 Å². The summed E-state index contributed by atoms with van der Waals surface area (Å²) in [6, 6.07) is 7.75. The van der Waals surface area contributed by atoms with E-state index in [9.17, 15) is 4.79 Å². The van der Waals surface area contributed by atoms with E-state index in [1.165, 1.54) is 23.5 Å². The summed E-state index contributed by atoms with van der Waals surface area (Å²) in [7, 11) is 0. The van der Waals surface area contributed by atoms with Gasteiger partial charge in [-0.3, -0.25) is 4.79 Å². The highest BCUT2D eigenvalue weighted by Crippen LogP contribution is 2.31. The Labute approximate surface area is 123 Å². The van der Waals surface area contributed by atoms with Crippen LogP contribution in [-0.4, -0.2) is 15.2 Å². The van der Waals surface area contributed by atoms with Crippen molar-refractivity contribution in [3.8, 4) is 0 Å². The molecule has 1 aromatic rings. The molecule has 0 bridgehead atoms. The van der Waals surface area contributed by atoms with Crippen LogP contribution in [0.3, 0.4) is 0 Å². The fourth-order valence-electron chi connectivity index (χ4n) is 1.32. The zero-order valence-corrected chi connectivity index (χ0v) is 12.6. The number of nitrogens with zero attached hydrogens (tertiary/aromatic N) is 1. The third-order valence-corrected chi connectivity index (χ3v) is 4.85. The third kappa shape index (κ3) is 3.37. The van der Waals surface area contributed by atoms with Gasteiger partial charge in [-0.2, -0.15) is 0 Å². The number of carbonyl (C=O) groups excluding carboxylic acids is 1. The molecule has 2 nitrogen and oxygen atoms in total. The summed E-state index contributed by atoms with van der Waals surface area (Å²) in [6.45, 7) is 3.65. The van der Waals surface area contributed by atoms with Gasteiger partial charge in [0.05, 0.1) is 0 Å². The summed E-state index contributed by atoms with van der Waals surface area (Å²) < 4.78 is 1.75. The SMILES string of the molecule is C=CCSC1=N/C(=C/c2ccccc2Br)C(=O)S1. The molecule has 0 saturated carbocycles. The lowest BCUT2D eigenvalue weighted by Crippen LogP contribution is -1.88. The van der Waals surface area contributed by atoms with Crippen LogP contribution >= 0.6 is 39.5 Å². The minimum Gasteiger partial charge on any atom is -0.279 e. The minimum absolute atomic E-state index is 0.00249. The first-order chi connectivity index (χ1) is 8.70. The van der Waals surface area contributed by atoms with Gasteiger partial charge in [-0.1, -0.05) is 52.0 Å². The summed E-state index contributed by atoms with van der Waals surface area (Å²) in [6.07, 6.45) is 3.61. The van der Waals surface area contributed by atoms with Crippen molar-refractivity contribution in [2.45, 2.75) is 0 Å². The van der Waals surface area contributed by atoms with Crippen LogP contribution in [0.5, 0.6) is 0 Å². The van der Waals surface area contributed by atoms with Crippen LogP contribution in [0.2, 0.25) is 0 Å². The highest BCUT2D eigenvalue weighted by molar-refractivity contribution is 9.10. The monoisotopic (exact) mass is 339 g/mol. The van der Waals surface area contributed by atoms with E-state index in [0.717, 1.165) is 20.2 Å². The number of rotatable bonds is 3. The van der Waals surface area contributed by atoms with Gasteiger partial charge in [0.15, 0.2) is 0 Å². The van der Waals surface area contributed by atoms with E-state index in [0.29, 0.717) is 5.70 Å². The molecule has 0 aliphatic carbocycles. The van der Waals surface area contributed by atoms with Crippen LogP contribution in [-0.2, 0) is 4.79 Å². The van der Waals surface area contributed by atoms with Gasteiger partial charge in [0.25, 0.3) is 0 Å². The zero-order valence-electron chi connectivity index (χ0n) is 9.43. The molecule has 0 fully saturated rings. The lowest BCUT2D eigenvalue weighted by Gasteiger charge is -1.97. The van der Waals surface area contributed by atoms with Crippen LogP contribution in [0.15, 0.2) is 52.1 Å². The van der Waals surface area contributed by atoms with Gasteiger partial charge in [-0.05, 0) is 29.5 Å². The van der Waals surface area contributed by atoms with Gasteiger partial charge >= 0.3 is 0 Å². The number of carbonyl (C=O) groups is 1. The number of aliphatic imine (C=N–C) groups is 1. The Morgan fingerprint density at radius 2 is 2.22 bits per heavy atom. The molecular weight excluding hydrogens is 330 g/mol. The molecule has 0 saturated heterocycles. The molecule has 0 atom stereocenters. The Kier molecular flexibility index (Phi) is 4.86. The Morgan fingerprint density at radius 1 is 1.44 bits per heavy atom. The highest BCUT2D eigenvalue weighted by atomic mass is 79.9.